The molecule has 5 heteroatoms. The molecule has 1 fully saturated rings. The summed E-state index contributed by atoms with van der Waals surface area (Å²) in [5, 5.41) is 18.0. The van der Waals surface area contributed by atoms with Gasteiger partial charge in [-0.05, 0) is 13.3 Å². The van der Waals surface area contributed by atoms with Crippen molar-refractivity contribution in [1.29, 1.82) is 0 Å². The van der Waals surface area contributed by atoms with Gasteiger partial charge in [0.1, 0.15) is 0 Å². The quantitative estimate of drug-likeness (QED) is 0.621. The Bertz CT molecular complexity index is 236. The van der Waals surface area contributed by atoms with Gasteiger partial charge in [-0.15, -0.1) is 0 Å². The van der Waals surface area contributed by atoms with Crippen molar-refractivity contribution in [2.45, 2.75) is 25.4 Å². The van der Waals surface area contributed by atoms with E-state index in [0.717, 1.165) is 6.42 Å². The SMILES string of the molecule is CC(O)(CN1CCCC1=O)C(=O)O. The lowest BCUT2D eigenvalue weighted by Crippen LogP contribution is -2.47. The van der Waals surface area contributed by atoms with Crippen molar-refractivity contribution >= 4 is 11.9 Å². The second-order valence-electron chi connectivity index (χ2n) is 3.50. The number of amides is 1. The molecule has 1 aliphatic rings. The number of aliphatic carboxylic acids is 1. The van der Waals surface area contributed by atoms with Crippen molar-refractivity contribution < 1.29 is 19.8 Å². The number of rotatable bonds is 3. The minimum absolute atomic E-state index is 0.0819. The second-order valence-corrected chi connectivity index (χ2v) is 3.50. The Hall–Kier alpha value is -1.10. The fraction of sp³-hybridized carbons (Fsp3) is 0.750. The Morgan fingerprint density at radius 3 is 2.69 bits per heavy atom. The van der Waals surface area contributed by atoms with Gasteiger partial charge in [-0.3, -0.25) is 4.79 Å². The van der Waals surface area contributed by atoms with Crippen LogP contribution in [0.15, 0.2) is 0 Å². The van der Waals surface area contributed by atoms with Gasteiger partial charge in [-0.2, -0.15) is 0 Å². The highest BCUT2D eigenvalue weighted by molar-refractivity contribution is 5.81. The molecule has 1 atom stereocenters. The average molecular weight is 187 g/mol. The summed E-state index contributed by atoms with van der Waals surface area (Å²) in [6, 6.07) is 0. The number of carboxylic acid groups (broad SMARTS) is 1. The minimum atomic E-state index is -1.83. The van der Waals surface area contributed by atoms with Crippen molar-refractivity contribution in [3.8, 4) is 0 Å². The number of likely N-dealkylation sites (tertiary alicyclic amines) is 1. The summed E-state index contributed by atoms with van der Waals surface area (Å²) in [6.07, 6.45) is 1.20. The molecule has 74 valence electrons. The van der Waals surface area contributed by atoms with Crippen molar-refractivity contribution in [3.63, 3.8) is 0 Å². The first-order chi connectivity index (χ1) is 5.93. The fourth-order valence-corrected chi connectivity index (χ4v) is 1.31. The van der Waals surface area contributed by atoms with E-state index in [9.17, 15) is 14.7 Å². The van der Waals surface area contributed by atoms with Gasteiger partial charge >= 0.3 is 5.97 Å². The molecule has 0 aliphatic carbocycles. The van der Waals surface area contributed by atoms with E-state index in [1.54, 1.807) is 0 Å². The first kappa shape index (κ1) is 9.98. The van der Waals surface area contributed by atoms with Crippen LogP contribution >= 0.6 is 0 Å². The van der Waals surface area contributed by atoms with Crippen LogP contribution in [0.1, 0.15) is 19.8 Å². The lowest BCUT2D eigenvalue weighted by Gasteiger charge is -2.24. The molecule has 0 spiro atoms. The molecule has 0 aromatic rings. The number of carbonyl (C=O) groups is 2. The summed E-state index contributed by atoms with van der Waals surface area (Å²) in [4.78, 5) is 23.0. The van der Waals surface area contributed by atoms with Crippen LogP contribution in [0.4, 0.5) is 0 Å². The van der Waals surface area contributed by atoms with Gasteiger partial charge in [0.05, 0.1) is 6.54 Å². The molecular formula is C8H13NO4. The molecule has 1 aliphatic heterocycles. The first-order valence-electron chi connectivity index (χ1n) is 4.17. The maximum absolute atomic E-state index is 11.1. The minimum Gasteiger partial charge on any atom is -0.479 e. The smallest absolute Gasteiger partial charge is 0.337 e. The molecule has 0 aromatic heterocycles. The number of aliphatic hydroxyl groups is 1. The van der Waals surface area contributed by atoms with E-state index < -0.39 is 11.6 Å². The standard InChI is InChI=1S/C8H13NO4/c1-8(13,7(11)12)5-9-4-2-3-6(9)10/h13H,2-5H2,1H3,(H,11,12). The fourth-order valence-electron chi connectivity index (χ4n) is 1.31. The van der Waals surface area contributed by atoms with Crippen molar-refractivity contribution in [2.24, 2.45) is 0 Å². The molecule has 2 N–H and O–H groups in total. The van der Waals surface area contributed by atoms with Crippen LogP contribution in [-0.2, 0) is 9.59 Å². The van der Waals surface area contributed by atoms with E-state index in [1.807, 2.05) is 0 Å². The van der Waals surface area contributed by atoms with E-state index in [-0.39, 0.29) is 12.5 Å². The van der Waals surface area contributed by atoms with Gasteiger partial charge in [-0.1, -0.05) is 0 Å². The van der Waals surface area contributed by atoms with E-state index in [2.05, 4.69) is 0 Å². The normalized spacial score (nSPS) is 21.7. The summed E-state index contributed by atoms with van der Waals surface area (Å²) in [6.45, 7) is 1.62. The predicted molar refractivity (Wildman–Crippen MR) is 44.1 cm³/mol. The Morgan fingerprint density at radius 2 is 2.31 bits per heavy atom. The summed E-state index contributed by atoms with van der Waals surface area (Å²) >= 11 is 0. The maximum atomic E-state index is 11.1. The van der Waals surface area contributed by atoms with Gasteiger partial charge < -0.3 is 15.1 Å². The third kappa shape index (κ3) is 2.18. The molecule has 0 bridgehead atoms. The zero-order valence-corrected chi connectivity index (χ0v) is 7.49. The molecule has 0 saturated carbocycles. The number of carbonyl (C=O) groups excluding carboxylic acids is 1. The molecule has 0 radical (unpaired) electrons. The number of hydrogen-bond acceptors (Lipinski definition) is 3. The highest BCUT2D eigenvalue weighted by atomic mass is 16.4. The lowest BCUT2D eigenvalue weighted by molar-refractivity contribution is -0.159. The van der Waals surface area contributed by atoms with Crippen molar-refractivity contribution in [1.82, 2.24) is 4.90 Å². The number of carboxylic acids is 1. The van der Waals surface area contributed by atoms with Crippen LogP contribution in [0.25, 0.3) is 0 Å². The molecule has 1 rings (SSSR count). The first-order valence-corrected chi connectivity index (χ1v) is 4.17. The number of β-amino-alcohol motifs (C(OH)–C–C–N with tert-alkyl or cyclic N) is 1. The Labute approximate surface area is 76.0 Å². The van der Waals surface area contributed by atoms with Gasteiger partial charge in [0, 0.05) is 13.0 Å². The Kier molecular flexibility index (Phi) is 2.56. The third-order valence-corrected chi connectivity index (χ3v) is 2.13. The predicted octanol–water partition coefficient (Wildman–Crippen LogP) is -0.556. The van der Waals surface area contributed by atoms with Gasteiger partial charge in [-0.25, -0.2) is 4.79 Å². The zero-order chi connectivity index (χ0) is 10.1. The molecule has 1 amide bonds. The van der Waals surface area contributed by atoms with E-state index in [0.29, 0.717) is 13.0 Å². The van der Waals surface area contributed by atoms with E-state index in [1.165, 1.54) is 11.8 Å². The molecule has 0 aromatic carbocycles. The molecule has 13 heavy (non-hydrogen) atoms. The summed E-state index contributed by atoms with van der Waals surface area (Å²) in [5.41, 5.74) is -1.83. The largest absolute Gasteiger partial charge is 0.479 e. The molecule has 5 nitrogen and oxygen atoms in total. The van der Waals surface area contributed by atoms with Crippen LogP contribution in [0.3, 0.4) is 0 Å². The highest BCUT2D eigenvalue weighted by Crippen LogP contribution is 2.14. The molecular weight excluding hydrogens is 174 g/mol. The number of hydrogen-bond donors (Lipinski definition) is 2. The molecule has 1 unspecified atom stereocenters. The van der Waals surface area contributed by atoms with E-state index >= 15 is 0 Å². The van der Waals surface area contributed by atoms with E-state index in [4.69, 9.17) is 5.11 Å². The van der Waals surface area contributed by atoms with Crippen LogP contribution in [-0.4, -0.2) is 45.7 Å². The van der Waals surface area contributed by atoms with Crippen LogP contribution in [0, 0.1) is 0 Å². The maximum Gasteiger partial charge on any atom is 0.337 e. The van der Waals surface area contributed by atoms with Gasteiger partial charge in [0.25, 0.3) is 0 Å². The third-order valence-electron chi connectivity index (χ3n) is 2.13. The van der Waals surface area contributed by atoms with Crippen molar-refractivity contribution in [2.75, 3.05) is 13.1 Å². The average Bonchev–Trinajstić information content (AvgIpc) is 2.35. The van der Waals surface area contributed by atoms with Crippen LogP contribution < -0.4 is 0 Å². The highest BCUT2D eigenvalue weighted by Gasteiger charge is 2.35. The summed E-state index contributed by atoms with van der Waals surface area (Å²) < 4.78 is 0. The summed E-state index contributed by atoms with van der Waals surface area (Å²) in [5.74, 6) is -1.38. The number of nitrogens with zero attached hydrogens (tertiary/aromatic N) is 1. The lowest BCUT2D eigenvalue weighted by atomic mass is 10.1. The molecule has 1 heterocycles. The van der Waals surface area contributed by atoms with Gasteiger partial charge in [0.2, 0.25) is 5.91 Å². The van der Waals surface area contributed by atoms with Gasteiger partial charge in [0.15, 0.2) is 5.60 Å². The topological polar surface area (TPSA) is 77.8 Å². The Morgan fingerprint density at radius 1 is 1.69 bits per heavy atom. The summed E-state index contributed by atoms with van der Waals surface area (Å²) in [7, 11) is 0. The van der Waals surface area contributed by atoms with Crippen LogP contribution in [0.5, 0.6) is 0 Å². The van der Waals surface area contributed by atoms with Crippen molar-refractivity contribution in [3.05, 3.63) is 0 Å². The monoisotopic (exact) mass is 187 g/mol. The zero-order valence-electron chi connectivity index (χ0n) is 7.49. The van der Waals surface area contributed by atoms with Crippen LogP contribution in [0.2, 0.25) is 0 Å². The second kappa shape index (κ2) is 3.33. The molecule has 1 saturated heterocycles. The Balaban J connectivity index is 2.57.